The van der Waals surface area contributed by atoms with Crippen LogP contribution in [-0.4, -0.2) is 20.5 Å². The van der Waals surface area contributed by atoms with Crippen molar-refractivity contribution in [1.29, 1.82) is 0 Å². The monoisotopic (exact) mass is 222 g/mol. The first-order chi connectivity index (χ1) is 6.45. The van der Waals surface area contributed by atoms with Gasteiger partial charge < -0.3 is 0 Å². The molecular formula is C12H22Si2. The van der Waals surface area contributed by atoms with Crippen LogP contribution in [0.25, 0.3) is 0 Å². The Kier molecular flexibility index (Phi) is 4.44. The van der Waals surface area contributed by atoms with Gasteiger partial charge in [0.1, 0.15) is 0 Å². The standard InChI is InChI=1S/C12H22Si2/c1-9(8-13)10-5-4-6-11(7-10)12(2,3)14/h9-11H,4-8H2,1-3H3. The molecule has 1 aliphatic carbocycles. The van der Waals surface area contributed by atoms with Crippen LogP contribution in [0.2, 0.25) is 11.1 Å². The van der Waals surface area contributed by atoms with Crippen molar-refractivity contribution in [3.05, 3.63) is 0 Å². The minimum atomic E-state index is 0.324. The van der Waals surface area contributed by atoms with Gasteiger partial charge in [-0.15, -0.1) is 0 Å². The molecule has 3 atom stereocenters. The fraction of sp³-hybridized carbons (Fsp3) is 1.00. The predicted molar refractivity (Wildman–Crippen MR) is 65.0 cm³/mol. The van der Waals surface area contributed by atoms with Crippen molar-refractivity contribution in [2.75, 3.05) is 0 Å². The Labute approximate surface area is 96.1 Å². The summed E-state index contributed by atoms with van der Waals surface area (Å²) in [5.41, 5.74) is 0. The molecule has 0 heterocycles. The lowest BCUT2D eigenvalue weighted by atomic mass is 9.72. The SMILES string of the molecule is CC(C[Si])C1CCCC(C(C)(C)[Si])C1. The second kappa shape index (κ2) is 4.97. The van der Waals surface area contributed by atoms with Gasteiger partial charge in [-0.2, -0.15) is 0 Å². The van der Waals surface area contributed by atoms with Gasteiger partial charge in [0.05, 0.1) is 0 Å². The molecule has 78 valence electrons. The molecule has 14 heavy (non-hydrogen) atoms. The van der Waals surface area contributed by atoms with Gasteiger partial charge in [0, 0.05) is 20.5 Å². The Balaban J connectivity index is 2.52. The molecule has 0 nitrogen and oxygen atoms in total. The highest BCUT2D eigenvalue weighted by Crippen LogP contribution is 2.45. The smallest absolute Gasteiger partial charge is 0.0309 e. The van der Waals surface area contributed by atoms with Crippen molar-refractivity contribution in [2.24, 2.45) is 17.8 Å². The van der Waals surface area contributed by atoms with Gasteiger partial charge in [-0.3, -0.25) is 0 Å². The normalized spacial score (nSPS) is 31.5. The van der Waals surface area contributed by atoms with Crippen molar-refractivity contribution in [2.45, 2.75) is 57.5 Å². The van der Waals surface area contributed by atoms with E-state index < -0.39 is 0 Å². The minimum Gasteiger partial charge on any atom is -0.0628 e. The van der Waals surface area contributed by atoms with Crippen molar-refractivity contribution in [1.82, 2.24) is 0 Å². The molecule has 0 aromatic rings. The third-order valence-electron chi connectivity index (χ3n) is 3.86. The van der Waals surface area contributed by atoms with Crippen LogP contribution in [-0.2, 0) is 0 Å². The van der Waals surface area contributed by atoms with E-state index in [1.807, 2.05) is 0 Å². The van der Waals surface area contributed by atoms with Crippen LogP contribution in [0.3, 0.4) is 0 Å². The van der Waals surface area contributed by atoms with Gasteiger partial charge in [-0.05, 0) is 29.2 Å². The molecule has 0 aromatic carbocycles. The zero-order chi connectivity index (χ0) is 10.8. The average molecular weight is 222 g/mol. The summed E-state index contributed by atoms with van der Waals surface area (Å²) in [4.78, 5) is 0. The topological polar surface area (TPSA) is 0 Å². The van der Waals surface area contributed by atoms with Gasteiger partial charge in [-0.25, -0.2) is 0 Å². The summed E-state index contributed by atoms with van der Waals surface area (Å²) in [6.45, 7) is 7.01. The highest BCUT2D eigenvalue weighted by molar-refractivity contribution is 6.14. The molecule has 0 N–H and O–H groups in total. The zero-order valence-corrected chi connectivity index (χ0v) is 11.8. The second-order valence-electron chi connectivity index (χ2n) is 5.53. The molecule has 6 radical (unpaired) electrons. The van der Waals surface area contributed by atoms with Crippen molar-refractivity contribution in [3.63, 3.8) is 0 Å². The maximum Gasteiger partial charge on any atom is 0.0309 e. The average Bonchev–Trinajstić information content (AvgIpc) is 2.15. The Morgan fingerprint density at radius 3 is 2.50 bits per heavy atom. The second-order valence-corrected chi connectivity index (χ2v) is 7.22. The highest BCUT2D eigenvalue weighted by Gasteiger charge is 2.32. The number of hydrogen-bond acceptors (Lipinski definition) is 0. The first-order valence-corrected chi connectivity index (χ1v) is 7.05. The van der Waals surface area contributed by atoms with E-state index in [0.29, 0.717) is 5.04 Å². The van der Waals surface area contributed by atoms with Crippen LogP contribution in [0.5, 0.6) is 0 Å². The maximum atomic E-state index is 3.88. The van der Waals surface area contributed by atoms with E-state index in [4.69, 9.17) is 0 Å². The predicted octanol–water partition coefficient (Wildman–Crippen LogP) is 3.38. The Morgan fingerprint density at radius 1 is 1.36 bits per heavy atom. The molecule has 0 spiro atoms. The Morgan fingerprint density at radius 2 is 2.00 bits per heavy atom. The lowest BCUT2D eigenvalue weighted by molar-refractivity contribution is 0.185. The van der Waals surface area contributed by atoms with Gasteiger partial charge >= 0.3 is 0 Å². The van der Waals surface area contributed by atoms with E-state index in [0.717, 1.165) is 23.8 Å². The van der Waals surface area contributed by atoms with Crippen LogP contribution in [0, 0.1) is 17.8 Å². The quantitative estimate of drug-likeness (QED) is 0.642. The summed E-state index contributed by atoms with van der Waals surface area (Å²) < 4.78 is 0. The summed E-state index contributed by atoms with van der Waals surface area (Å²) in [6, 6.07) is 1.15. The highest BCUT2D eigenvalue weighted by atomic mass is 28.1. The first-order valence-electron chi connectivity index (χ1n) is 5.84. The maximum absolute atomic E-state index is 3.88. The summed E-state index contributed by atoms with van der Waals surface area (Å²) in [5.74, 6) is 2.63. The van der Waals surface area contributed by atoms with Crippen LogP contribution >= 0.6 is 0 Å². The van der Waals surface area contributed by atoms with Gasteiger partial charge in [0.25, 0.3) is 0 Å². The van der Waals surface area contributed by atoms with Crippen LogP contribution in [0.15, 0.2) is 0 Å². The van der Waals surface area contributed by atoms with Gasteiger partial charge in [0.2, 0.25) is 0 Å². The lowest BCUT2D eigenvalue weighted by Crippen LogP contribution is -2.27. The molecule has 0 aliphatic heterocycles. The molecule has 1 aliphatic rings. The molecular weight excluding hydrogens is 200 g/mol. The third kappa shape index (κ3) is 3.23. The summed E-state index contributed by atoms with van der Waals surface area (Å²) in [5, 5.41) is 0.324. The van der Waals surface area contributed by atoms with E-state index in [1.54, 1.807) is 0 Å². The first kappa shape index (κ1) is 12.5. The fourth-order valence-corrected chi connectivity index (χ4v) is 3.16. The van der Waals surface area contributed by atoms with Crippen molar-refractivity contribution >= 4 is 20.5 Å². The largest absolute Gasteiger partial charge is 0.0628 e. The summed E-state index contributed by atoms with van der Waals surface area (Å²) in [6.07, 6.45) is 5.66. The summed E-state index contributed by atoms with van der Waals surface area (Å²) in [7, 11) is 7.54. The van der Waals surface area contributed by atoms with E-state index >= 15 is 0 Å². The van der Waals surface area contributed by atoms with Gasteiger partial charge in [0.15, 0.2) is 0 Å². The number of rotatable bonds is 3. The zero-order valence-electron chi connectivity index (χ0n) is 9.77. The van der Waals surface area contributed by atoms with Crippen LogP contribution in [0.1, 0.15) is 46.5 Å². The molecule has 0 amide bonds. The fourth-order valence-electron chi connectivity index (χ4n) is 2.57. The molecule has 1 fully saturated rings. The van der Waals surface area contributed by atoms with Crippen molar-refractivity contribution in [3.8, 4) is 0 Å². The Hall–Kier alpha value is 0.434. The lowest BCUT2D eigenvalue weighted by Gasteiger charge is -2.39. The summed E-state index contributed by atoms with van der Waals surface area (Å²) >= 11 is 0. The molecule has 0 bridgehead atoms. The minimum absolute atomic E-state index is 0.324. The van der Waals surface area contributed by atoms with E-state index in [-0.39, 0.29) is 0 Å². The molecule has 1 rings (SSSR count). The molecule has 3 unspecified atom stereocenters. The molecule has 2 heteroatoms. The van der Waals surface area contributed by atoms with Gasteiger partial charge in [-0.1, -0.05) is 46.1 Å². The third-order valence-corrected chi connectivity index (χ3v) is 4.91. The molecule has 0 saturated heterocycles. The van der Waals surface area contributed by atoms with Crippen molar-refractivity contribution < 1.29 is 0 Å². The number of hydrogen-bond donors (Lipinski definition) is 0. The molecule has 1 saturated carbocycles. The molecule has 0 aromatic heterocycles. The Bertz CT molecular complexity index is 172. The van der Waals surface area contributed by atoms with Crippen LogP contribution < -0.4 is 0 Å². The van der Waals surface area contributed by atoms with E-state index in [1.165, 1.54) is 25.7 Å². The van der Waals surface area contributed by atoms with Crippen LogP contribution in [0.4, 0.5) is 0 Å². The van der Waals surface area contributed by atoms with E-state index in [9.17, 15) is 0 Å². The van der Waals surface area contributed by atoms with E-state index in [2.05, 4.69) is 41.3 Å².